The number of rotatable bonds is 12. The molecule has 0 bridgehead atoms. The zero-order valence-corrected chi connectivity index (χ0v) is 66.9. The summed E-state index contributed by atoms with van der Waals surface area (Å²) in [5.74, 6) is 15.5. The van der Waals surface area contributed by atoms with Crippen LogP contribution >= 0.6 is 0 Å². The first-order valence-corrected chi connectivity index (χ1v) is 40.0. The molecule has 1 aliphatic heterocycles. The zero-order chi connectivity index (χ0) is 66.3. The number of aliphatic hydroxyl groups is 5. The van der Waals surface area contributed by atoms with Gasteiger partial charge in [-0.2, -0.15) is 0 Å². The van der Waals surface area contributed by atoms with Gasteiger partial charge in [-0.25, -0.2) is 0 Å². The summed E-state index contributed by atoms with van der Waals surface area (Å²) in [4.78, 5) is 12.1. The minimum atomic E-state index is -0.532. The van der Waals surface area contributed by atoms with Crippen molar-refractivity contribution in [1.29, 1.82) is 0 Å². The number of ketones is 1. The third-order valence-electron chi connectivity index (χ3n) is 33.1. The topological polar surface area (TPSA) is 127 Å². The van der Waals surface area contributed by atoms with Crippen LogP contribution < -0.4 is 12.4 Å². The van der Waals surface area contributed by atoms with E-state index in [-0.39, 0.29) is 42.9 Å². The summed E-state index contributed by atoms with van der Waals surface area (Å²) in [5.41, 5.74) is 0.483. The van der Waals surface area contributed by atoms with Gasteiger partial charge in [-0.1, -0.05) is 62.3 Å². The van der Waals surface area contributed by atoms with E-state index in [2.05, 4.69) is 76.2 Å². The Morgan fingerprint density at radius 1 is 0.415 bits per heavy atom. The van der Waals surface area contributed by atoms with E-state index in [0.29, 0.717) is 44.2 Å². The van der Waals surface area contributed by atoms with Crippen LogP contribution in [0.25, 0.3) is 0 Å². The summed E-state index contributed by atoms with van der Waals surface area (Å²) in [6, 6.07) is 0. The maximum Gasteiger partial charge on any atom is 2.00 e. The normalized spacial score (nSPS) is 46.9. The van der Waals surface area contributed by atoms with Gasteiger partial charge in [-0.15, -0.1) is 0 Å². The Morgan fingerprint density at radius 2 is 0.713 bits per heavy atom. The average Bonchev–Trinajstić information content (AvgIpc) is 1.38. The Balaban J connectivity index is 0.000000189. The van der Waals surface area contributed by atoms with E-state index in [0.717, 1.165) is 184 Å². The van der Waals surface area contributed by atoms with Crippen molar-refractivity contribution in [1.82, 2.24) is 0 Å². The van der Waals surface area contributed by atoms with Gasteiger partial charge in [0.1, 0.15) is 5.78 Å². The molecule has 94 heavy (non-hydrogen) atoms. The Bertz CT molecular complexity index is 2310. The molecule has 13 rings (SSSR count). The van der Waals surface area contributed by atoms with Crippen LogP contribution in [0.3, 0.4) is 0 Å². The molecule has 0 amide bonds. The number of carbonyl (C=O) groups excluding carboxylic acids is 1. The van der Waals surface area contributed by atoms with Crippen LogP contribution in [0, 0.1) is 146 Å². The molecule has 0 radical (unpaired) electrons. The van der Waals surface area contributed by atoms with E-state index in [9.17, 15) is 30.3 Å². The molecule has 9 unspecified atom stereocenters. The Kier molecular flexibility index (Phi) is 26.7. The van der Waals surface area contributed by atoms with Gasteiger partial charge in [0.2, 0.25) is 0 Å². The first-order chi connectivity index (χ1) is 42.3. The van der Waals surface area contributed by atoms with E-state index in [1.807, 2.05) is 41.5 Å². The molecule has 0 aromatic rings. The van der Waals surface area contributed by atoms with Gasteiger partial charge in [0, 0.05) is 26.1 Å². The molecule has 542 valence electrons. The molecule has 0 aromatic carbocycles. The predicted octanol–water partition coefficient (Wildman–Crippen LogP) is 17.4. The van der Waals surface area contributed by atoms with Crippen molar-refractivity contribution in [2.24, 2.45) is 139 Å². The van der Waals surface area contributed by atoms with Crippen LogP contribution in [0.15, 0.2) is 0 Å². The smallest absolute Gasteiger partial charge is 1.00 e. The summed E-state index contributed by atoms with van der Waals surface area (Å²) in [6.07, 6.45) is 43.4. The molecule has 13 fully saturated rings. The van der Waals surface area contributed by atoms with E-state index >= 15 is 0 Å². The first kappa shape index (κ1) is 81.8. The molecular weight excluding hydrogens is 1190 g/mol. The van der Waals surface area contributed by atoms with Crippen molar-refractivity contribution in [2.45, 2.75) is 370 Å². The standard InChI is InChI=1S/2C27H48O2.C26H44O2.C4H8O.CH3.ClH.Mg/c2*1-18(11-13-24(2,3)28)21-9-10-22-20-8-7-19-17-25(4,29)15-16-26(19,5)23(20)12-14-27(21,22)6;1-17(10-13-24(2,3)28)21-8-9-22-20-7-6-18-16-19(27)11-14-25(18,4)23(20)12-15-26(21,22)5;1-2-4-5-3-1;;;/h2*18-23,28-29H,7-17H2,1-6H3;17-18,20-23,28H,6-16H2,1-5H3;1-4H2;1H3;1H;/q;;;;-1;;+2/p-1/t18-,19+,20?,21-,22?,23?,25+,26+,27-;18-,19-,20?,21-,22?,23?,25-,26+,27-;17-,18+,20?,21-,22?,23?,25+,26-;;;;/m111..../s1. The van der Waals surface area contributed by atoms with Gasteiger partial charge in [-0.3, -0.25) is 4.79 Å². The molecule has 26 atom stereocenters. The minimum absolute atomic E-state index is 0. The first-order valence-electron chi connectivity index (χ1n) is 40.0. The second-order valence-electron chi connectivity index (χ2n) is 40.6. The molecule has 1 heterocycles. The zero-order valence-electron chi connectivity index (χ0n) is 64.7. The van der Waals surface area contributed by atoms with Crippen molar-refractivity contribution < 1.29 is 47.5 Å². The summed E-state index contributed by atoms with van der Waals surface area (Å²) < 4.78 is 4.94. The second-order valence-corrected chi connectivity index (χ2v) is 40.6. The Morgan fingerprint density at radius 3 is 1.01 bits per heavy atom. The molecule has 9 heteroatoms. The van der Waals surface area contributed by atoms with Gasteiger partial charge >= 0.3 is 23.1 Å². The van der Waals surface area contributed by atoms with Gasteiger partial charge in [0.15, 0.2) is 0 Å². The number of hydrogen-bond acceptors (Lipinski definition) is 7. The molecule has 5 N–H and O–H groups in total. The molecular formula is C85H151ClMgO7. The maximum atomic E-state index is 12.1. The molecule has 1 saturated heterocycles. The summed E-state index contributed by atoms with van der Waals surface area (Å²) in [6.45, 7) is 41.0. The number of Topliss-reactive ketones (excluding diaryl/α,β-unsaturated/α-hetero) is 1. The van der Waals surface area contributed by atoms with Crippen LogP contribution in [-0.4, -0.2) is 95.6 Å². The second kappa shape index (κ2) is 30.7. The summed E-state index contributed by atoms with van der Waals surface area (Å²) in [7, 11) is 0. The van der Waals surface area contributed by atoms with Crippen molar-refractivity contribution in [3.8, 4) is 0 Å². The largest absolute Gasteiger partial charge is 2.00 e. The number of fused-ring (bicyclic) bond motifs is 15. The van der Waals surface area contributed by atoms with Crippen molar-refractivity contribution >= 4 is 28.8 Å². The maximum absolute atomic E-state index is 12.1. The van der Waals surface area contributed by atoms with E-state index < -0.39 is 28.0 Å². The van der Waals surface area contributed by atoms with Crippen LogP contribution in [0.2, 0.25) is 0 Å². The van der Waals surface area contributed by atoms with Crippen molar-refractivity contribution in [3.05, 3.63) is 7.43 Å². The average molecular weight is 1340 g/mol. The molecule has 0 spiro atoms. The third-order valence-corrected chi connectivity index (χ3v) is 33.1. The van der Waals surface area contributed by atoms with Gasteiger partial charge in [-0.05, 0) is 406 Å². The molecule has 7 nitrogen and oxygen atoms in total. The quantitative estimate of drug-likeness (QED) is 0.0973. The SMILES string of the molecule is C1CCOC1.C[C@H](CCC(C)(C)O)[C@H]1CCC2C3CC[C@@H]4C[C@](C)(O)CC[C@]4(C)C3CC[C@@]21C.C[C@H](CCC(C)(C)O)[C@H]1CCC2C3CC[C@H]4CC(=O)CC[C@]4(C)C3CC[C@@]21C.C[C@H](CCC(C)(C)O)[C@H]1CCC2C3CC[C@H]4C[C@@](C)(O)CC[C@]4(C)C3CC[C@@]21C.[CH3-].[Cl-].[Mg+2]. The van der Waals surface area contributed by atoms with Crippen molar-refractivity contribution in [2.75, 3.05) is 13.2 Å². The van der Waals surface area contributed by atoms with E-state index in [1.54, 1.807) is 0 Å². The van der Waals surface area contributed by atoms with Crippen molar-refractivity contribution in [3.63, 3.8) is 0 Å². The minimum Gasteiger partial charge on any atom is -1.00 e. The fourth-order valence-electron chi connectivity index (χ4n) is 27.7. The Labute approximate surface area is 602 Å². The third kappa shape index (κ3) is 17.0. The molecule has 12 aliphatic carbocycles. The molecule has 13 aliphatic rings. The Hall–Kier alpha value is 0.486. The van der Waals surface area contributed by atoms with Gasteiger partial charge in [0.05, 0.1) is 28.0 Å². The van der Waals surface area contributed by atoms with Crippen LogP contribution in [0.1, 0.15) is 342 Å². The van der Waals surface area contributed by atoms with Crippen LogP contribution in [0.4, 0.5) is 0 Å². The van der Waals surface area contributed by atoms with Crippen LogP contribution in [0.5, 0.6) is 0 Å². The van der Waals surface area contributed by atoms with E-state index in [4.69, 9.17) is 4.74 Å². The fraction of sp³-hybridized carbons (Fsp3) is 0.976. The predicted molar refractivity (Wildman–Crippen MR) is 388 cm³/mol. The summed E-state index contributed by atoms with van der Waals surface area (Å²) in [5, 5.41) is 52.0. The molecule has 12 saturated carbocycles. The monoisotopic (exact) mass is 1340 g/mol. The number of carbonyl (C=O) groups is 1. The number of hydrogen-bond donors (Lipinski definition) is 5. The van der Waals surface area contributed by atoms with Crippen LogP contribution in [-0.2, 0) is 9.53 Å². The number of halogens is 1. The van der Waals surface area contributed by atoms with E-state index in [1.165, 1.54) is 154 Å². The van der Waals surface area contributed by atoms with Gasteiger partial charge in [0.25, 0.3) is 0 Å². The number of ether oxygens (including phenoxy) is 1. The fourth-order valence-corrected chi connectivity index (χ4v) is 27.7. The van der Waals surface area contributed by atoms with Gasteiger partial charge < -0.3 is 50.1 Å². The summed E-state index contributed by atoms with van der Waals surface area (Å²) >= 11 is 0. The molecule has 0 aromatic heterocycles.